The molecule has 0 bridgehead atoms. The Kier molecular flexibility index (Phi) is 6.72. The molecule has 0 aliphatic rings. The highest BCUT2D eigenvalue weighted by atomic mass is 19.1. The summed E-state index contributed by atoms with van der Waals surface area (Å²) in [7, 11) is 0. The van der Waals surface area contributed by atoms with Gasteiger partial charge >= 0.3 is 0 Å². The van der Waals surface area contributed by atoms with Crippen molar-refractivity contribution in [2.45, 2.75) is 38.7 Å². The molecule has 0 spiro atoms. The lowest BCUT2D eigenvalue weighted by Crippen LogP contribution is -1.97. The summed E-state index contributed by atoms with van der Waals surface area (Å²) in [6.45, 7) is 5.51. The van der Waals surface area contributed by atoms with E-state index in [2.05, 4.69) is 35.8 Å². The molecular formula is C25H26FNO. The van der Waals surface area contributed by atoms with Gasteiger partial charge in [-0.3, -0.25) is 4.98 Å². The number of pyridine rings is 1. The van der Waals surface area contributed by atoms with Gasteiger partial charge in [-0.15, -0.1) is 6.58 Å². The van der Waals surface area contributed by atoms with Gasteiger partial charge in [0.15, 0.2) is 0 Å². The van der Waals surface area contributed by atoms with Crippen molar-refractivity contribution < 1.29 is 9.50 Å². The quantitative estimate of drug-likeness (QED) is 0.368. The molecule has 1 heterocycles. The number of aliphatic hydroxyl groups excluding tert-OH is 1. The van der Waals surface area contributed by atoms with E-state index in [0.29, 0.717) is 17.7 Å². The number of unbranched alkanes of at least 4 members (excludes halogenated alkanes) is 1. The molecule has 1 N–H and O–H groups in total. The maximum atomic E-state index is 14.5. The van der Waals surface area contributed by atoms with Crippen molar-refractivity contribution in [2.24, 2.45) is 0 Å². The van der Waals surface area contributed by atoms with E-state index in [-0.39, 0.29) is 11.9 Å². The van der Waals surface area contributed by atoms with Gasteiger partial charge in [-0.2, -0.15) is 0 Å². The maximum Gasteiger partial charge on any atom is 0.132 e. The van der Waals surface area contributed by atoms with Crippen molar-refractivity contribution in [3.05, 3.63) is 84.3 Å². The van der Waals surface area contributed by atoms with Crippen molar-refractivity contribution in [3.63, 3.8) is 0 Å². The lowest BCUT2D eigenvalue weighted by atomic mass is 10.0. The number of aliphatic hydroxyl groups is 1. The molecule has 1 atom stereocenters. The third kappa shape index (κ3) is 5.14. The predicted molar refractivity (Wildman–Crippen MR) is 116 cm³/mol. The van der Waals surface area contributed by atoms with Gasteiger partial charge in [-0.05, 0) is 73.4 Å². The van der Waals surface area contributed by atoms with Gasteiger partial charge in [0.1, 0.15) is 5.82 Å². The first-order valence-electron chi connectivity index (χ1n) is 9.71. The van der Waals surface area contributed by atoms with Crippen molar-refractivity contribution in [1.82, 2.24) is 4.98 Å². The zero-order valence-corrected chi connectivity index (χ0v) is 16.2. The number of rotatable bonds is 8. The molecule has 0 amide bonds. The summed E-state index contributed by atoms with van der Waals surface area (Å²) in [4.78, 5) is 4.47. The topological polar surface area (TPSA) is 33.1 Å². The van der Waals surface area contributed by atoms with Gasteiger partial charge in [0.05, 0.1) is 11.8 Å². The number of hydrogen-bond donors (Lipinski definition) is 1. The smallest absolute Gasteiger partial charge is 0.132 e. The summed E-state index contributed by atoms with van der Waals surface area (Å²) in [6, 6.07) is 13.4. The van der Waals surface area contributed by atoms with Crippen LogP contribution in [0.15, 0.2) is 67.4 Å². The summed E-state index contributed by atoms with van der Waals surface area (Å²) in [5.41, 5.74) is 3.16. The zero-order chi connectivity index (χ0) is 19.9. The fourth-order valence-electron chi connectivity index (χ4n) is 3.22. The van der Waals surface area contributed by atoms with E-state index in [0.717, 1.165) is 41.2 Å². The third-order valence-electron chi connectivity index (χ3n) is 4.74. The molecule has 0 radical (unpaired) electrons. The van der Waals surface area contributed by atoms with Crippen molar-refractivity contribution in [2.75, 3.05) is 0 Å². The minimum absolute atomic E-state index is 0.239. The average Bonchev–Trinajstić information content (AvgIpc) is 2.67. The first kappa shape index (κ1) is 20.0. The second kappa shape index (κ2) is 9.43. The largest absolute Gasteiger partial charge is 0.393 e. The zero-order valence-electron chi connectivity index (χ0n) is 16.2. The minimum Gasteiger partial charge on any atom is -0.393 e. The van der Waals surface area contributed by atoms with Crippen LogP contribution in [0.2, 0.25) is 0 Å². The molecule has 2 aromatic carbocycles. The van der Waals surface area contributed by atoms with Crippen LogP contribution in [-0.2, 0) is 6.42 Å². The van der Waals surface area contributed by atoms with Crippen LogP contribution in [0.25, 0.3) is 28.1 Å². The van der Waals surface area contributed by atoms with Crippen LogP contribution >= 0.6 is 0 Å². The van der Waals surface area contributed by atoms with Crippen LogP contribution in [0.5, 0.6) is 0 Å². The van der Waals surface area contributed by atoms with Crippen molar-refractivity contribution in [1.29, 1.82) is 0 Å². The summed E-state index contributed by atoms with van der Waals surface area (Å²) < 4.78 is 14.5. The number of halogens is 1. The maximum absolute atomic E-state index is 14.5. The first-order chi connectivity index (χ1) is 13.6. The lowest BCUT2D eigenvalue weighted by Gasteiger charge is -2.07. The van der Waals surface area contributed by atoms with E-state index in [1.807, 2.05) is 25.1 Å². The molecule has 28 heavy (non-hydrogen) atoms. The summed E-state index contributed by atoms with van der Waals surface area (Å²) >= 11 is 0. The Balaban J connectivity index is 1.78. The van der Waals surface area contributed by atoms with Crippen molar-refractivity contribution in [3.8, 4) is 11.3 Å². The monoisotopic (exact) mass is 375 g/mol. The highest BCUT2D eigenvalue weighted by Gasteiger charge is 2.08. The molecule has 1 aromatic heterocycles. The fourth-order valence-corrected chi connectivity index (χ4v) is 3.22. The van der Waals surface area contributed by atoms with Crippen LogP contribution in [0.1, 0.15) is 37.3 Å². The van der Waals surface area contributed by atoms with Crippen molar-refractivity contribution >= 4 is 16.8 Å². The van der Waals surface area contributed by atoms with E-state index < -0.39 is 0 Å². The van der Waals surface area contributed by atoms with Crippen LogP contribution in [0, 0.1) is 5.82 Å². The van der Waals surface area contributed by atoms with Gasteiger partial charge in [0, 0.05) is 17.1 Å². The van der Waals surface area contributed by atoms with Gasteiger partial charge in [-0.1, -0.05) is 36.4 Å². The lowest BCUT2D eigenvalue weighted by molar-refractivity contribution is 0.182. The number of benzene rings is 2. The molecule has 0 saturated carbocycles. The van der Waals surface area contributed by atoms with Gasteiger partial charge in [0.25, 0.3) is 0 Å². The molecule has 3 heteroatoms. The average molecular weight is 375 g/mol. The highest BCUT2D eigenvalue weighted by molar-refractivity contribution is 5.87. The highest BCUT2D eigenvalue weighted by Crippen LogP contribution is 2.26. The Morgan fingerprint density at radius 3 is 2.75 bits per heavy atom. The Bertz CT molecular complexity index is 991. The normalized spacial score (nSPS) is 12.5. The first-order valence-corrected chi connectivity index (χ1v) is 9.71. The van der Waals surface area contributed by atoms with Crippen LogP contribution in [0.4, 0.5) is 4.39 Å². The Hall–Kier alpha value is -2.78. The molecule has 2 nitrogen and oxygen atoms in total. The molecule has 0 aliphatic heterocycles. The molecule has 3 rings (SSSR count). The number of allylic oxidation sites excluding steroid dienone is 2. The molecule has 0 aliphatic carbocycles. The Labute approximate surface area is 166 Å². The molecule has 0 saturated heterocycles. The van der Waals surface area contributed by atoms with Crippen LogP contribution in [-0.4, -0.2) is 16.2 Å². The molecule has 0 fully saturated rings. The minimum atomic E-state index is -0.261. The number of nitrogens with zero attached hydrogens (tertiary/aromatic N) is 1. The second-order valence-electron chi connectivity index (χ2n) is 7.17. The molecule has 1 unspecified atom stereocenters. The summed E-state index contributed by atoms with van der Waals surface area (Å²) in [6.07, 6.45) is 10.9. The van der Waals surface area contributed by atoms with Crippen LogP contribution < -0.4 is 0 Å². The molecule has 3 aromatic rings. The van der Waals surface area contributed by atoms with E-state index in [9.17, 15) is 9.50 Å². The SMILES string of the molecule is C=CCc1ccc(-c2cc3ccc(/C=C/CCCC(C)O)cc3cn2)c(F)c1. The number of aromatic nitrogens is 1. The third-order valence-corrected chi connectivity index (χ3v) is 4.74. The molecular weight excluding hydrogens is 349 g/mol. The van der Waals surface area contributed by atoms with E-state index in [1.165, 1.54) is 0 Å². The number of fused-ring (bicyclic) bond motifs is 1. The summed E-state index contributed by atoms with van der Waals surface area (Å²) in [5.74, 6) is -0.261. The van der Waals surface area contributed by atoms with E-state index in [1.54, 1.807) is 24.4 Å². The standard InChI is InChI=1S/C25H26FNO/c1-3-7-19-11-13-23(24(26)15-19)25-16-21-12-10-20(14-22(21)17-27-25)9-6-4-5-8-18(2)28/h3,6,9-18,28H,1,4-5,7-8H2,2H3/b9-6+. The van der Waals surface area contributed by atoms with E-state index >= 15 is 0 Å². The Morgan fingerprint density at radius 2 is 2.00 bits per heavy atom. The Morgan fingerprint density at radius 1 is 1.14 bits per heavy atom. The van der Waals surface area contributed by atoms with Gasteiger partial charge < -0.3 is 5.11 Å². The van der Waals surface area contributed by atoms with Gasteiger partial charge in [-0.25, -0.2) is 4.39 Å². The second-order valence-corrected chi connectivity index (χ2v) is 7.17. The summed E-state index contributed by atoms with van der Waals surface area (Å²) in [5, 5.41) is 11.3. The fraction of sp³-hybridized carbons (Fsp3) is 0.240. The number of hydrogen-bond acceptors (Lipinski definition) is 2. The van der Waals surface area contributed by atoms with Crippen LogP contribution in [0.3, 0.4) is 0 Å². The molecule has 144 valence electrons. The predicted octanol–water partition coefficient (Wildman–Crippen LogP) is 6.33. The van der Waals surface area contributed by atoms with Gasteiger partial charge in [0.2, 0.25) is 0 Å². The van der Waals surface area contributed by atoms with E-state index in [4.69, 9.17) is 0 Å².